The summed E-state index contributed by atoms with van der Waals surface area (Å²) in [5, 5.41) is 9.42. The molecule has 0 atom stereocenters. The van der Waals surface area contributed by atoms with Gasteiger partial charge in [0.25, 0.3) is 0 Å². The predicted octanol–water partition coefficient (Wildman–Crippen LogP) is 3.03. The molecule has 116 valence electrons. The Bertz CT molecular complexity index is 804. The van der Waals surface area contributed by atoms with Crippen molar-refractivity contribution < 1.29 is 18.3 Å². The highest BCUT2D eigenvalue weighted by Gasteiger charge is 2.20. The summed E-state index contributed by atoms with van der Waals surface area (Å²) >= 11 is 11.9. The van der Waals surface area contributed by atoms with Gasteiger partial charge in [-0.2, -0.15) is 0 Å². The Balaban J connectivity index is 2.32. The van der Waals surface area contributed by atoms with Crippen LogP contribution in [0.2, 0.25) is 10.0 Å². The van der Waals surface area contributed by atoms with E-state index in [1.165, 1.54) is 30.5 Å². The minimum atomic E-state index is -3.91. The summed E-state index contributed by atoms with van der Waals surface area (Å²) in [6.45, 7) is 0. The third-order valence-electron chi connectivity index (χ3n) is 2.67. The second kappa shape index (κ2) is 6.51. The van der Waals surface area contributed by atoms with Crippen molar-refractivity contribution in [3.8, 4) is 0 Å². The van der Waals surface area contributed by atoms with Crippen LogP contribution in [0.25, 0.3) is 0 Å². The average Bonchev–Trinajstić information content (AvgIpc) is 2.43. The van der Waals surface area contributed by atoms with E-state index in [4.69, 9.17) is 28.3 Å². The molecule has 2 rings (SSSR count). The molecule has 0 aliphatic heterocycles. The highest BCUT2D eigenvalue weighted by molar-refractivity contribution is 7.91. The van der Waals surface area contributed by atoms with Gasteiger partial charge >= 0.3 is 5.97 Å². The molecule has 1 aromatic heterocycles. The van der Waals surface area contributed by atoms with Crippen LogP contribution in [-0.4, -0.2) is 24.5 Å². The molecule has 0 unspecified atom stereocenters. The highest BCUT2D eigenvalue weighted by atomic mass is 35.5. The van der Waals surface area contributed by atoms with E-state index in [9.17, 15) is 13.2 Å². The van der Waals surface area contributed by atoms with Crippen LogP contribution < -0.4 is 4.72 Å². The first-order valence-electron chi connectivity index (χ1n) is 5.92. The molecule has 22 heavy (non-hydrogen) atoms. The van der Waals surface area contributed by atoms with E-state index in [1.807, 2.05) is 0 Å². The van der Waals surface area contributed by atoms with Crippen molar-refractivity contribution in [2.24, 2.45) is 0 Å². The fraction of sp³-hybridized carbons (Fsp3) is 0.0769. The number of rotatable bonds is 5. The van der Waals surface area contributed by atoms with Crippen LogP contribution in [0.1, 0.15) is 16.1 Å². The standard InChI is InChI=1S/C13H10Cl2N2O4S/c14-9-3-1-4-10(15)8(9)7-22(20,21)17-11-5-2-6-16-12(11)13(18)19/h1-6,17H,7H2,(H,18,19). The van der Waals surface area contributed by atoms with Crippen LogP contribution >= 0.6 is 23.2 Å². The molecule has 0 aliphatic carbocycles. The number of hydrogen-bond donors (Lipinski definition) is 2. The van der Waals surface area contributed by atoms with E-state index < -0.39 is 27.4 Å². The summed E-state index contributed by atoms with van der Waals surface area (Å²) in [4.78, 5) is 14.7. The number of nitrogens with one attached hydrogen (secondary N) is 1. The van der Waals surface area contributed by atoms with Crippen molar-refractivity contribution in [3.05, 3.63) is 57.8 Å². The largest absolute Gasteiger partial charge is 0.476 e. The Morgan fingerprint density at radius 1 is 1.18 bits per heavy atom. The van der Waals surface area contributed by atoms with Gasteiger partial charge in [-0.1, -0.05) is 29.3 Å². The number of aromatic nitrogens is 1. The lowest BCUT2D eigenvalue weighted by Gasteiger charge is -2.11. The fourth-order valence-electron chi connectivity index (χ4n) is 1.72. The number of sulfonamides is 1. The molecular weight excluding hydrogens is 351 g/mol. The van der Waals surface area contributed by atoms with Crippen molar-refractivity contribution in [1.29, 1.82) is 0 Å². The van der Waals surface area contributed by atoms with Crippen LogP contribution in [-0.2, 0) is 15.8 Å². The Morgan fingerprint density at radius 3 is 2.41 bits per heavy atom. The van der Waals surface area contributed by atoms with E-state index in [0.717, 1.165) is 0 Å². The molecule has 0 saturated heterocycles. The van der Waals surface area contributed by atoms with Gasteiger partial charge in [-0.05, 0) is 24.3 Å². The molecule has 0 saturated carbocycles. The van der Waals surface area contributed by atoms with Crippen molar-refractivity contribution in [2.45, 2.75) is 5.75 Å². The van der Waals surface area contributed by atoms with Gasteiger partial charge in [0.05, 0.1) is 11.4 Å². The third kappa shape index (κ3) is 3.88. The number of carboxylic acids is 1. The lowest BCUT2D eigenvalue weighted by atomic mass is 10.2. The number of halogens is 2. The minimum absolute atomic E-state index is 0.127. The molecule has 9 heteroatoms. The van der Waals surface area contributed by atoms with Gasteiger partial charge in [-0.15, -0.1) is 0 Å². The van der Waals surface area contributed by atoms with Crippen LogP contribution in [0.3, 0.4) is 0 Å². The second-order valence-corrected chi connectivity index (χ2v) is 6.80. The fourth-order valence-corrected chi connectivity index (χ4v) is 3.67. The normalized spacial score (nSPS) is 11.2. The van der Waals surface area contributed by atoms with Gasteiger partial charge in [0, 0.05) is 21.8 Å². The van der Waals surface area contributed by atoms with Crippen molar-refractivity contribution in [2.75, 3.05) is 4.72 Å². The van der Waals surface area contributed by atoms with Crippen LogP contribution in [0.5, 0.6) is 0 Å². The monoisotopic (exact) mass is 360 g/mol. The summed E-state index contributed by atoms with van der Waals surface area (Å²) < 4.78 is 26.6. The van der Waals surface area contributed by atoms with E-state index in [0.29, 0.717) is 0 Å². The molecular formula is C13H10Cl2N2O4S. The summed E-state index contributed by atoms with van der Waals surface area (Å²) in [7, 11) is -3.91. The van der Waals surface area contributed by atoms with Gasteiger partial charge < -0.3 is 5.11 Å². The van der Waals surface area contributed by atoms with Gasteiger partial charge in [0.15, 0.2) is 5.69 Å². The Hall–Kier alpha value is -1.83. The van der Waals surface area contributed by atoms with E-state index >= 15 is 0 Å². The average molecular weight is 361 g/mol. The summed E-state index contributed by atoms with van der Waals surface area (Å²) in [5.41, 5.74) is -0.284. The first-order valence-corrected chi connectivity index (χ1v) is 8.32. The van der Waals surface area contributed by atoms with Crippen molar-refractivity contribution in [1.82, 2.24) is 4.98 Å². The zero-order valence-electron chi connectivity index (χ0n) is 11.0. The van der Waals surface area contributed by atoms with Crippen molar-refractivity contribution >= 4 is 44.9 Å². The molecule has 1 aromatic carbocycles. The number of anilines is 1. The summed E-state index contributed by atoms with van der Waals surface area (Å²) in [6.07, 6.45) is 1.26. The molecule has 0 amide bonds. The zero-order valence-corrected chi connectivity index (χ0v) is 13.3. The van der Waals surface area contributed by atoms with E-state index in [2.05, 4.69) is 9.71 Å². The highest BCUT2D eigenvalue weighted by Crippen LogP contribution is 2.27. The maximum absolute atomic E-state index is 12.2. The molecule has 0 radical (unpaired) electrons. The maximum atomic E-state index is 12.2. The third-order valence-corrected chi connectivity index (χ3v) is 4.58. The SMILES string of the molecule is O=C(O)c1ncccc1NS(=O)(=O)Cc1c(Cl)cccc1Cl. The molecule has 0 bridgehead atoms. The van der Waals surface area contributed by atoms with Crippen molar-refractivity contribution in [3.63, 3.8) is 0 Å². The molecule has 2 N–H and O–H groups in total. The number of aromatic carboxylic acids is 1. The van der Waals surface area contributed by atoms with Gasteiger partial charge in [-0.25, -0.2) is 18.2 Å². The number of benzene rings is 1. The Kier molecular flexibility index (Phi) is 4.90. The molecule has 6 nitrogen and oxygen atoms in total. The minimum Gasteiger partial charge on any atom is -0.476 e. The number of carboxylic acid groups (broad SMARTS) is 1. The quantitative estimate of drug-likeness (QED) is 0.853. The summed E-state index contributed by atoms with van der Waals surface area (Å²) in [5.74, 6) is -1.83. The van der Waals surface area contributed by atoms with Gasteiger partial charge in [0.2, 0.25) is 10.0 Å². The molecule has 2 aromatic rings. The number of nitrogens with zero attached hydrogens (tertiary/aromatic N) is 1. The maximum Gasteiger partial charge on any atom is 0.356 e. The van der Waals surface area contributed by atoms with Crippen LogP contribution in [0.4, 0.5) is 5.69 Å². The lowest BCUT2D eigenvalue weighted by Crippen LogP contribution is -2.18. The van der Waals surface area contributed by atoms with Gasteiger partial charge in [-0.3, -0.25) is 4.72 Å². The molecule has 0 fully saturated rings. The smallest absolute Gasteiger partial charge is 0.356 e. The van der Waals surface area contributed by atoms with Crippen LogP contribution in [0, 0.1) is 0 Å². The molecule has 1 heterocycles. The van der Waals surface area contributed by atoms with E-state index in [1.54, 1.807) is 6.07 Å². The lowest BCUT2D eigenvalue weighted by molar-refractivity contribution is 0.0692. The number of carbonyl (C=O) groups is 1. The Labute approximate surface area is 136 Å². The number of hydrogen-bond acceptors (Lipinski definition) is 4. The first-order chi connectivity index (χ1) is 10.3. The topological polar surface area (TPSA) is 96.4 Å². The predicted molar refractivity (Wildman–Crippen MR) is 83.9 cm³/mol. The first kappa shape index (κ1) is 16.5. The Morgan fingerprint density at radius 2 is 1.82 bits per heavy atom. The van der Waals surface area contributed by atoms with Crippen LogP contribution in [0.15, 0.2) is 36.5 Å². The molecule has 0 aliphatic rings. The number of pyridine rings is 1. The molecule has 0 spiro atoms. The second-order valence-electron chi connectivity index (χ2n) is 4.27. The van der Waals surface area contributed by atoms with E-state index in [-0.39, 0.29) is 21.3 Å². The van der Waals surface area contributed by atoms with Gasteiger partial charge in [0.1, 0.15) is 0 Å². The zero-order chi connectivity index (χ0) is 16.3. The summed E-state index contributed by atoms with van der Waals surface area (Å²) in [6, 6.07) is 7.36.